The highest BCUT2D eigenvalue weighted by molar-refractivity contribution is 6.00. The van der Waals surface area contributed by atoms with Crippen molar-refractivity contribution in [3.63, 3.8) is 0 Å². The molecule has 0 saturated carbocycles. The van der Waals surface area contributed by atoms with E-state index in [1.54, 1.807) is 7.05 Å². The molecule has 0 aliphatic rings. The fourth-order valence-corrected chi connectivity index (χ4v) is 1.40. The molecule has 1 aromatic rings. The maximum absolute atomic E-state index is 13.1. The van der Waals surface area contributed by atoms with Gasteiger partial charge in [0.15, 0.2) is 0 Å². The van der Waals surface area contributed by atoms with E-state index in [4.69, 9.17) is 15.9 Å². The van der Waals surface area contributed by atoms with Crippen molar-refractivity contribution in [1.82, 2.24) is 0 Å². The van der Waals surface area contributed by atoms with E-state index in [1.165, 1.54) is 11.0 Å². The van der Waals surface area contributed by atoms with Crippen molar-refractivity contribution >= 4 is 17.3 Å². The minimum atomic E-state index is -1.29. The number of rotatable bonds is 4. The number of aliphatic hydroxyl groups excluding tert-OH is 1. The van der Waals surface area contributed by atoms with Gasteiger partial charge in [-0.2, -0.15) is 0 Å². The van der Waals surface area contributed by atoms with Crippen molar-refractivity contribution in [3.05, 3.63) is 23.5 Å². The number of nitrogen functional groups attached to an aromatic ring is 1. The van der Waals surface area contributed by atoms with E-state index in [1.807, 2.05) is 0 Å². The molecule has 1 rings (SSSR count). The number of nitrogens with two attached hydrogens (primary N) is 1. The first kappa shape index (κ1) is 12.3. The number of anilines is 2. The molecule has 6 heteroatoms. The van der Waals surface area contributed by atoms with Gasteiger partial charge in [0, 0.05) is 13.6 Å². The van der Waals surface area contributed by atoms with E-state index in [0.29, 0.717) is 0 Å². The molecule has 0 radical (unpaired) electrons. The molecule has 5 nitrogen and oxygen atoms in total. The van der Waals surface area contributed by atoms with Gasteiger partial charge in [0.05, 0.1) is 18.0 Å². The number of carboxylic acids is 1. The Kier molecular flexibility index (Phi) is 3.68. The minimum Gasteiger partial charge on any atom is -0.478 e. The van der Waals surface area contributed by atoms with Crippen LogP contribution in [0.2, 0.25) is 0 Å². The third-order valence-corrected chi connectivity index (χ3v) is 2.23. The summed E-state index contributed by atoms with van der Waals surface area (Å²) in [7, 11) is 1.59. The topological polar surface area (TPSA) is 86.8 Å². The third-order valence-electron chi connectivity index (χ3n) is 2.23. The summed E-state index contributed by atoms with van der Waals surface area (Å²) in [5.41, 5.74) is 4.98. The molecule has 0 heterocycles. The van der Waals surface area contributed by atoms with Crippen LogP contribution in [0.3, 0.4) is 0 Å². The number of nitrogens with zero attached hydrogens (tertiary/aromatic N) is 1. The van der Waals surface area contributed by atoms with Crippen LogP contribution in [0, 0.1) is 5.82 Å². The number of hydrogen-bond donors (Lipinski definition) is 3. The Morgan fingerprint density at radius 1 is 1.56 bits per heavy atom. The SMILES string of the molecule is CN(CCO)c1ccc(F)c(N)c1C(=O)O. The van der Waals surface area contributed by atoms with Gasteiger partial charge in [0.25, 0.3) is 0 Å². The van der Waals surface area contributed by atoms with E-state index < -0.39 is 17.5 Å². The molecule has 0 amide bonds. The predicted octanol–water partition coefficient (Wildman–Crippen LogP) is 0.535. The first-order valence-electron chi connectivity index (χ1n) is 4.62. The molecule has 0 aromatic heterocycles. The van der Waals surface area contributed by atoms with Crippen molar-refractivity contribution in [3.8, 4) is 0 Å². The summed E-state index contributed by atoms with van der Waals surface area (Å²) >= 11 is 0. The van der Waals surface area contributed by atoms with Crippen LogP contribution in [0.15, 0.2) is 12.1 Å². The Bertz CT molecular complexity index is 409. The van der Waals surface area contributed by atoms with Crippen LogP contribution >= 0.6 is 0 Å². The normalized spacial score (nSPS) is 10.2. The standard InChI is InChI=1S/C10H13FN2O3/c1-13(4-5-14)7-3-2-6(11)9(12)8(7)10(15)16/h2-3,14H,4-5,12H2,1H3,(H,15,16). The number of benzene rings is 1. The Morgan fingerprint density at radius 3 is 2.69 bits per heavy atom. The van der Waals surface area contributed by atoms with Crippen LogP contribution in [0.25, 0.3) is 0 Å². The highest BCUT2D eigenvalue weighted by atomic mass is 19.1. The number of halogens is 1. The lowest BCUT2D eigenvalue weighted by molar-refractivity contribution is 0.0698. The number of hydrogen-bond acceptors (Lipinski definition) is 4. The first-order chi connectivity index (χ1) is 7.49. The van der Waals surface area contributed by atoms with Crippen LogP contribution < -0.4 is 10.6 Å². The van der Waals surface area contributed by atoms with Crippen molar-refractivity contribution < 1.29 is 19.4 Å². The maximum Gasteiger partial charge on any atom is 0.340 e. The molecule has 0 fully saturated rings. The molecule has 0 aliphatic carbocycles. The van der Waals surface area contributed by atoms with Crippen LogP contribution in [-0.2, 0) is 0 Å². The average molecular weight is 228 g/mol. The highest BCUT2D eigenvalue weighted by Gasteiger charge is 2.19. The monoisotopic (exact) mass is 228 g/mol. The zero-order valence-electron chi connectivity index (χ0n) is 8.77. The summed E-state index contributed by atoms with van der Waals surface area (Å²) in [5.74, 6) is -2.06. The van der Waals surface area contributed by atoms with E-state index in [0.717, 1.165) is 6.07 Å². The van der Waals surface area contributed by atoms with Gasteiger partial charge in [0.1, 0.15) is 11.4 Å². The van der Waals surface area contributed by atoms with Gasteiger partial charge in [-0.1, -0.05) is 0 Å². The fourth-order valence-electron chi connectivity index (χ4n) is 1.40. The number of aliphatic hydroxyl groups is 1. The summed E-state index contributed by atoms with van der Waals surface area (Å²) in [5, 5.41) is 17.7. The van der Waals surface area contributed by atoms with Gasteiger partial charge < -0.3 is 20.8 Å². The Labute approximate surface area is 91.9 Å². The lowest BCUT2D eigenvalue weighted by atomic mass is 10.1. The summed E-state index contributed by atoms with van der Waals surface area (Å²) in [6.45, 7) is 0.109. The van der Waals surface area contributed by atoms with Crippen LogP contribution in [0.4, 0.5) is 15.8 Å². The molecule has 1 aromatic carbocycles. The molecule has 0 aliphatic heterocycles. The van der Waals surface area contributed by atoms with Crippen molar-refractivity contribution in [2.75, 3.05) is 30.8 Å². The average Bonchev–Trinajstić information content (AvgIpc) is 2.21. The summed E-state index contributed by atoms with van der Waals surface area (Å²) < 4.78 is 13.1. The van der Waals surface area contributed by atoms with Gasteiger partial charge in [-0.25, -0.2) is 9.18 Å². The smallest absolute Gasteiger partial charge is 0.340 e. The Hall–Kier alpha value is -1.82. The number of aromatic carboxylic acids is 1. The first-order valence-corrected chi connectivity index (χ1v) is 4.62. The van der Waals surface area contributed by atoms with Gasteiger partial charge >= 0.3 is 5.97 Å². The quantitative estimate of drug-likeness (QED) is 0.654. The molecule has 0 spiro atoms. The largest absolute Gasteiger partial charge is 0.478 e. The number of carboxylic acid groups (broad SMARTS) is 1. The second-order valence-corrected chi connectivity index (χ2v) is 3.31. The van der Waals surface area contributed by atoms with Gasteiger partial charge in [-0.05, 0) is 12.1 Å². The Morgan fingerprint density at radius 2 is 2.19 bits per heavy atom. The molecule has 0 unspecified atom stereocenters. The Balaban J connectivity index is 3.28. The van der Waals surface area contributed by atoms with Crippen molar-refractivity contribution in [1.29, 1.82) is 0 Å². The van der Waals surface area contributed by atoms with E-state index in [2.05, 4.69) is 0 Å². The molecule has 0 saturated heterocycles. The van der Waals surface area contributed by atoms with Gasteiger partial charge in [0.2, 0.25) is 0 Å². The molecule has 0 bridgehead atoms. The second-order valence-electron chi connectivity index (χ2n) is 3.31. The minimum absolute atomic E-state index is 0.132. The summed E-state index contributed by atoms with van der Waals surface area (Å²) in [4.78, 5) is 12.5. The summed E-state index contributed by atoms with van der Waals surface area (Å²) in [6, 6.07) is 2.43. The van der Waals surface area contributed by atoms with Gasteiger partial charge in [-0.3, -0.25) is 0 Å². The van der Waals surface area contributed by atoms with Crippen LogP contribution in [0.1, 0.15) is 10.4 Å². The summed E-state index contributed by atoms with van der Waals surface area (Å²) in [6.07, 6.45) is 0. The van der Waals surface area contributed by atoms with Crippen LogP contribution in [-0.4, -0.2) is 36.4 Å². The van der Waals surface area contributed by atoms with Gasteiger partial charge in [-0.15, -0.1) is 0 Å². The second kappa shape index (κ2) is 4.80. The lowest BCUT2D eigenvalue weighted by Crippen LogP contribution is -2.24. The molecule has 0 atom stereocenters. The van der Waals surface area contributed by atoms with Crippen molar-refractivity contribution in [2.24, 2.45) is 0 Å². The van der Waals surface area contributed by atoms with E-state index >= 15 is 0 Å². The highest BCUT2D eigenvalue weighted by Crippen LogP contribution is 2.27. The van der Waals surface area contributed by atoms with E-state index in [9.17, 15) is 9.18 Å². The lowest BCUT2D eigenvalue weighted by Gasteiger charge is -2.21. The number of carbonyl (C=O) groups is 1. The zero-order chi connectivity index (χ0) is 12.3. The number of likely N-dealkylation sites (N-methyl/N-ethyl adjacent to an activating group) is 1. The maximum atomic E-state index is 13.1. The molecule has 16 heavy (non-hydrogen) atoms. The predicted molar refractivity (Wildman–Crippen MR) is 58.1 cm³/mol. The van der Waals surface area contributed by atoms with E-state index in [-0.39, 0.29) is 24.4 Å². The molecule has 4 N–H and O–H groups in total. The van der Waals surface area contributed by atoms with Crippen LogP contribution in [0.5, 0.6) is 0 Å². The zero-order valence-corrected chi connectivity index (χ0v) is 8.77. The fraction of sp³-hybridized carbons (Fsp3) is 0.300. The molecule has 88 valence electrons. The van der Waals surface area contributed by atoms with Crippen molar-refractivity contribution in [2.45, 2.75) is 0 Å². The third kappa shape index (κ3) is 2.22. The molecular weight excluding hydrogens is 215 g/mol. The molecular formula is C10H13FN2O3.